The van der Waals surface area contributed by atoms with Crippen molar-refractivity contribution in [3.05, 3.63) is 58.3 Å². The second-order valence-corrected chi connectivity index (χ2v) is 5.04. The van der Waals surface area contributed by atoms with Crippen molar-refractivity contribution in [3.8, 4) is 0 Å². The molecule has 2 aromatic rings. The van der Waals surface area contributed by atoms with E-state index in [1.54, 1.807) is 6.07 Å². The summed E-state index contributed by atoms with van der Waals surface area (Å²) in [6, 6.07) is 13.2. The molecule has 0 radical (unpaired) electrons. The van der Waals surface area contributed by atoms with Gasteiger partial charge < -0.3 is 4.90 Å². The maximum Gasteiger partial charge on any atom is 0.146 e. The summed E-state index contributed by atoms with van der Waals surface area (Å²) in [5, 5.41) is 0. The zero-order chi connectivity index (χ0) is 11.8. The molecule has 1 heterocycles. The molecule has 0 atom stereocenters. The normalized spacial score (nSPS) is 13.9. The van der Waals surface area contributed by atoms with Gasteiger partial charge >= 0.3 is 0 Å². The molecule has 1 aliphatic heterocycles. The van der Waals surface area contributed by atoms with Crippen LogP contribution in [0, 0.1) is 5.82 Å². The highest BCUT2D eigenvalue weighted by molar-refractivity contribution is 9.10. The summed E-state index contributed by atoms with van der Waals surface area (Å²) in [6.45, 7) is 0.840. The minimum Gasteiger partial charge on any atom is -0.339 e. The molecule has 0 saturated heterocycles. The van der Waals surface area contributed by atoms with Crippen molar-refractivity contribution in [2.75, 3.05) is 11.4 Å². The van der Waals surface area contributed by atoms with Crippen LogP contribution in [-0.4, -0.2) is 6.54 Å². The quantitative estimate of drug-likeness (QED) is 0.758. The molecule has 0 unspecified atom stereocenters. The minimum atomic E-state index is -0.176. The molecule has 0 bridgehead atoms. The second-order valence-electron chi connectivity index (χ2n) is 4.13. The highest BCUT2D eigenvalue weighted by Crippen LogP contribution is 2.36. The van der Waals surface area contributed by atoms with Crippen LogP contribution in [0.5, 0.6) is 0 Å². The Hall–Kier alpha value is -1.35. The molecule has 0 fully saturated rings. The summed E-state index contributed by atoms with van der Waals surface area (Å²) in [7, 11) is 0. The number of nitrogens with zero attached hydrogens (tertiary/aromatic N) is 1. The molecule has 17 heavy (non-hydrogen) atoms. The Morgan fingerprint density at radius 2 is 1.88 bits per heavy atom. The summed E-state index contributed by atoms with van der Waals surface area (Å²) >= 11 is 3.39. The van der Waals surface area contributed by atoms with Crippen molar-refractivity contribution in [1.29, 1.82) is 0 Å². The molecule has 1 nitrogen and oxygen atoms in total. The zero-order valence-electron chi connectivity index (χ0n) is 9.16. The van der Waals surface area contributed by atoms with Crippen LogP contribution in [0.25, 0.3) is 0 Å². The first kappa shape index (κ1) is 10.8. The first-order valence-electron chi connectivity index (χ1n) is 5.56. The van der Waals surface area contributed by atoms with Gasteiger partial charge in [0.25, 0.3) is 0 Å². The van der Waals surface area contributed by atoms with Crippen molar-refractivity contribution in [1.82, 2.24) is 0 Å². The van der Waals surface area contributed by atoms with E-state index in [1.165, 1.54) is 11.6 Å². The number of hydrogen-bond donors (Lipinski definition) is 0. The minimum absolute atomic E-state index is 0.176. The van der Waals surface area contributed by atoms with E-state index in [2.05, 4.69) is 22.0 Å². The van der Waals surface area contributed by atoms with Gasteiger partial charge in [0.2, 0.25) is 0 Å². The summed E-state index contributed by atoms with van der Waals surface area (Å²) in [5.74, 6) is -0.176. The SMILES string of the molecule is Fc1ccc(Br)cc1N1CCc2ccccc21. The van der Waals surface area contributed by atoms with E-state index in [0.717, 1.165) is 23.1 Å². The van der Waals surface area contributed by atoms with Gasteiger partial charge in [-0.05, 0) is 36.2 Å². The van der Waals surface area contributed by atoms with Crippen LogP contribution in [0.15, 0.2) is 46.9 Å². The molecule has 0 aliphatic carbocycles. The lowest BCUT2D eigenvalue weighted by molar-refractivity contribution is 0.625. The van der Waals surface area contributed by atoms with E-state index in [0.29, 0.717) is 5.69 Å². The van der Waals surface area contributed by atoms with Gasteiger partial charge in [0.15, 0.2) is 0 Å². The van der Waals surface area contributed by atoms with Crippen LogP contribution in [0.3, 0.4) is 0 Å². The molecule has 3 rings (SSSR count). The number of hydrogen-bond acceptors (Lipinski definition) is 1. The first-order valence-corrected chi connectivity index (χ1v) is 6.35. The number of fused-ring (bicyclic) bond motifs is 1. The molecule has 0 N–H and O–H groups in total. The topological polar surface area (TPSA) is 3.24 Å². The fourth-order valence-corrected chi connectivity index (χ4v) is 2.63. The lowest BCUT2D eigenvalue weighted by Gasteiger charge is -2.20. The van der Waals surface area contributed by atoms with Gasteiger partial charge in [-0.2, -0.15) is 0 Å². The van der Waals surface area contributed by atoms with Crippen LogP contribution in [0.1, 0.15) is 5.56 Å². The average molecular weight is 292 g/mol. The van der Waals surface area contributed by atoms with Crippen LogP contribution >= 0.6 is 15.9 Å². The summed E-state index contributed by atoms with van der Waals surface area (Å²) in [6.07, 6.45) is 0.974. The smallest absolute Gasteiger partial charge is 0.146 e. The first-order chi connectivity index (χ1) is 8.25. The van der Waals surface area contributed by atoms with Gasteiger partial charge in [0, 0.05) is 16.7 Å². The molecule has 0 aromatic heterocycles. The molecule has 0 saturated carbocycles. The predicted molar refractivity (Wildman–Crippen MR) is 71.3 cm³/mol. The molecule has 0 spiro atoms. The largest absolute Gasteiger partial charge is 0.339 e. The summed E-state index contributed by atoms with van der Waals surface area (Å²) in [5.41, 5.74) is 3.04. The van der Waals surface area contributed by atoms with E-state index < -0.39 is 0 Å². The molecule has 3 heteroatoms. The van der Waals surface area contributed by atoms with Crippen LogP contribution in [0.2, 0.25) is 0 Å². The molecule has 2 aromatic carbocycles. The van der Waals surface area contributed by atoms with Crippen molar-refractivity contribution >= 4 is 27.3 Å². The van der Waals surface area contributed by atoms with Gasteiger partial charge in [-0.25, -0.2) is 4.39 Å². The Morgan fingerprint density at radius 1 is 1.06 bits per heavy atom. The lowest BCUT2D eigenvalue weighted by atomic mass is 10.2. The van der Waals surface area contributed by atoms with Gasteiger partial charge in [0.05, 0.1) is 5.69 Å². The third-order valence-corrected chi connectivity index (χ3v) is 3.58. The zero-order valence-corrected chi connectivity index (χ0v) is 10.7. The van der Waals surface area contributed by atoms with Crippen LogP contribution in [-0.2, 0) is 6.42 Å². The van der Waals surface area contributed by atoms with Gasteiger partial charge in [0.1, 0.15) is 5.82 Å². The van der Waals surface area contributed by atoms with Crippen molar-refractivity contribution in [3.63, 3.8) is 0 Å². The third kappa shape index (κ3) is 1.84. The predicted octanol–water partition coefficient (Wildman–Crippen LogP) is 4.28. The van der Waals surface area contributed by atoms with Crippen molar-refractivity contribution in [2.45, 2.75) is 6.42 Å². The standard InChI is InChI=1S/C14H11BrFN/c15-11-5-6-12(16)14(9-11)17-8-7-10-3-1-2-4-13(10)17/h1-6,9H,7-8H2. The Balaban J connectivity index is 2.10. The van der Waals surface area contributed by atoms with Crippen molar-refractivity contribution < 1.29 is 4.39 Å². The van der Waals surface area contributed by atoms with Crippen LogP contribution < -0.4 is 4.90 Å². The van der Waals surface area contributed by atoms with Crippen LogP contribution in [0.4, 0.5) is 15.8 Å². The summed E-state index contributed by atoms with van der Waals surface area (Å²) in [4.78, 5) is 2.04. The molecule has 1 aliphatic rings. The van der Waals surface area contributed by atoms with E-state index in [4.69, 9.17) is 0 Å². The van der Waals surface area contributed by atoms with Gasteiger partial charge in [-0.3, -0.25) is 0 Å². The Kier molecular flexibility index (Phi) is 2.63. The highest BCUT2D eigenvalue weighted by Gasteiger charge is 2.22. The highest BCUT2D eigenvalue weighted by atomic mass is 79.9. The second kappa shape index (κ2) is 4.15. The summed E-state index contributed by atoms with van der Waals surface area (Å²) < 4.78 is 14.8. The maximum absolute atomic E-state index is 13.9. The number of halogens is 2. The van der Waals surface area contributed by atoms with E-state index >= 15 is 0 Å². The third-order valence-electron chi connectivity index (χ3n) is 3.09. The van der Waals surface area contributed by atoms with E-state index in [9.17, 15) is 4.39 Å². The Labute approximate surface area is 108 Å². The Morgan fingerprint density at radius 3 is 2.76 bits per heavy atom. The fraction of sp³-hybridized carbons (Fsp3) is 0.143. The van der Waals surface area contributed by atoms with E-state index in [1.807, 2.05) is 29.2 Å². The number of para-hydroxylation sites is 1. The fourth-order valence-electron chi connectivity index (χ4n) is 2.28. The maximum atomic E-state index is 13.9. The van der Waals surface area contributed by atoms with E-state index in [-0.39, 0.29) is 5.82 Å². The molecule has 86 valence electrons. The van der Waals surface area contributed by atoms with Crippen molar-refractivity contribution in [2.24, 2.45) is 0 Å². The molecular weight excluding hydrogens is 281 g/mol. The number of rotatable bonds is 1. The number of anilines is 2. The molecular formula is C14H11BrFN. The van der Waals surface area contributed by atoms with Gasteiger partial charge in [-0.1, -0.05) is 34.1 Å². The molecule has 0 amide bonds. The van der Waals surface area contributed by atoms with Gasteiger partial charge in [-0.15, -0.1) is 0 Å². The Bertz CT molecular complexity index is 568. The monoisotopic (exact) mass is 291 g/mol. The lowest BCUT2D eigenvalue weighted by Crippen LogP contribution is -2.14. The average Bonchev–Trinajstić information content (AvgIpc) is 2.76. The number of benzene rings is 2.